The van der Waals surface area contributed by atoms with Crippen LogP contribution in [0.3, 0.4) is 0 Å². The van der Waals surface area contributed by atoms with E-state index in [2.05, 4.69) is 29.2 Å². The zero-order valence-corrected chi connectivity index (χ0v) is 13.1. The molecule has 5 heteroatoms. The summed E-state index contributed by atoms with van der Waals surface area (Å²) in [6, 6.07) is 15.1. The van der Waals surface area contributed by atoms with Crippen molar-refractivity contribution in [2.75, 3.05) is 5.32 Å². The number of aromatic nitrogens is 3. The molecule has 0 aliphatic carbocycles. The number of nitrogens with one attached hydrogen (secondary N) is 1. The van der Waals surface area contributed by atoms with E-state index in [0.717, 1.165) is 16.9 Å². The number of anilines is 1. The Kier molecular flexibility index (Phi) is 4.19. The number of rotatable bonds is 4. The van der Waals surface area contributed by atoms with E-state index >= 15 is 0 Å². The lowest BCUT2D eigenvalue weighted by atomic mass is 10.0. The van der Waals surface area contributed by atoms with Crippen molar-refractivity contribution >= 4 is 11.6 Å². The molecule has 0 atom stereocenters. The molecule has 1 heterocycles. The topological polar surface area (TPSA) is 59.8 Å². The van der Waals surface area contributed by atoms with Crippen LogP contribution >= 0.6 is 0 Å². The number of hydrogen-bond acceptors (Lipinski definition) is 3. The van der Waals surface area contributed by atoms with Crippen LogP contribution in [0.25, 0.3) is 5.69 Å². The third-order valence-corrected chi connectivity index (χ3v) is 3.64. The molecule has 0 radical (unpaired) electrons. The molecular formula is C18H18N4O. The van der Waals surface area contributed by atoms with Crippen molar-refractivity contribution < 1.29 is 4.79 Å². The van der Waals surface area contributed by atoms with Crippen molar-refractivity contribution in [2.24, 2.45) is 0 Å². The van der Waals surface area contributed by atoms with Crippen LogP contribution in [0.4, 0.5) is 5.69 Å². The summed E-state index contributed by atoms with van der Waals surface area (Å²) in [4.78, 5) is 16.4. The Morgan fingerprint density at radius 1 is 1.09 bits per heavy atom. The van der Waals surface area contributed by atoms with E-state index in [1.54, 1.807) is 23.1 Å². The lowest BCUT2D eigenvalue weighted by Gasteiger charge is -2.13. The number of hydrogen-bond donors (Lipinski definition) is 1. The summed E-state index contributed by atoms with van der Waals surface area (Å²) < 4.78 is 1.65. The molecule has 0 aliphatic rings. The number of benzene rings is 2. The van der Waals surface area contributed by atoms with Gasteiger partial charge in [-0.25, -0.2) is 9.67 Å². The van der Waals surface area contributed by atoms with Gasteiger partial charge < -0.3 is 5.32 Å². The molecule has 3 aromatic rings. The lowest BCUT2D eigenvalue weighted by Crippen LogP contribution is -2.13. The average molecular weight is 306 g/mol. The quantitative estimate of drug-likeness (QED) is 0.800. The predicted molar refractivity (Wildman–Crippen MR) is 89.8 cm³/mol. The van der Waals surface area contributed by atoms with E-state index in [1.807, 2.05) is 36.4 Å². The van der Waals surface area contributed by atoms with Gasteiger partial charge in [0.15, 0.2) is 0 Å². The van der Waals surface area contributed by atoms with Gasteiger partial charge in [0, 0.05) is 11.3 Å². The van der Waals surface area contributed by atoms with E-state index in [9.17, 15) is 4.79 Å². The molecular weight excluding hydrogens is 288 g/mol. The molecule has 0 saturated heterocycles. The van der Waals surface area contributed by atoms with Gasteiger partial charge in [0.2, 0.25) is 0 Å². The molecule has 1 amide bonds. The minimum Gasteiger partial charge on any atom is -0.322 e. The van der Waals surface area contributed by atoms with Gasteiger partial charge in [-0.2, -0.15) is 5.10 Å². The molecule has 23 heavy (non-hydrogen) atoms. The highest BCUT2D eigenvalue weighted by atomic mass is 16.1. The third-order valence-electron chi connectivity index (χ3n) is 3.64. The van der Waals surface area contributed by atoms with Crippen molar-refractivity contribution in [3.05, 3.63) is 72.3 Å². The molecule has 0 saturated carbocycles. The lowest BCUT2D eigenvalue weighted by molar-refractivity contribution is 0.102. The average Bonchev–Trinajstić information content (AvgIpc) is 3.10. The van der Waals surface area contributed by atoms with Crippen molar-refractivity contribution in [2.45, 2.75) is 19.8 Å². The molecule has 3 rings (SSSR count). The van der Waals surface area contributed by atoms with E-state index in [-0.39, 0.29) is 5.91 Å². The summed E-state index contributed by atoms with van der Waals surface area (Å²) in [6.45, 7) is 4.22. The fourth-order valence-corrected chi connectivity index (χ4v) is 2.42. The summed E-state index contributed by atoms with van der Waals surface area (Å²) in [5.41, 5.74) is 3.45. The van der Waals surface area contributed by atoms with Crippen LogP contribution in [-0.4, -0.2) is 20.7 Å². The smallest absolute Gasteiger partial charge is 0.255 e. The van der Waals surface area contributed by atoms with Gasteiger partial charge in [0.1, 0.15) is 12.7 Å². The van der Waals surface area contributed by atoms with E-state index in [1.165, 1.54) is 6.33 Å². The predicted octanol–water partition coefficient (Wildman–Crippen LogP) is 3.64. The van der Waals surface area contributed by atoms with Crippen LogP contribution in [0.1, 0.15) is 35.7 Å². The van der Waals surface area contributed by atoms with Gasteiger partial charge in [-0.15, -0.1) is 0 Å². The Morgan fingerprint density at radius 2 is 1.83 bits per heavy atom. The molecule has 116 valence electrons. The minimum atomic E-state index is -0.122. The standard InChI is InChI=1S/C18H18N4O/c1-13(2)16-5-3-4-6-17(16)21-18(23)14-7-9-15(10-8-14)22-12-19-11-20-22/h3-13H,1-2H3,(H,21,23). The second kappa shape index (κ2) is 6.44. The van der Waals surface area contributed by atoms with Gasteiger partial charge in [-0.05, 0) is 41.8 Å². The highest BCUT2D eigenvalue weighted by Gasteiger charge is 2.11. The number of carbonyl (C=O) groups is 1. The Balaban J connectivity index is 1.79. The molecule has 0 aliphatic heterocycles. The fourth-order valence-electron chi connectivity index (χ4n) is 2.42. The van der Waals surface area contributed by atoms with Crippen LogP contribution < -0.4 is 5.32 Å². The molecule has 1 aromatic heterocycles. The Hall–Kier alpha value is -2.95. The normalized spacial score (nSPS) is 10.7. The number of nitrogens with zero attached hydrogens (tertiary/aromatic N) is 3. The largest absolute Gasteiger partial charge is 0.322 e. The number of amides is 1. The third kappa shape index (κ3) is 3.29. The maximum atomic E-state index is 12.4. The molecule has 0 bridgehead atoms. The fraction of sp³-hybridized carbons (Fsp3) is 0.167. The number of carbonyl (C=O) groups excluding carboxylic acids is 1. The van der Waals surface area contributed by atoms with E-state index in [4.69, 9.17) is 0 Å². The van der Waals surface area contributed by atoms with Crippen LogP contribution in [0.5, 0.6) is 0 Å². The van der Waals surface area contributed by atoms with Gasteiger partial charge >= 0.3 is 0 Å². The summed E-state index contributed by atoms with van der Waals surface area (Å²) in [5.74, 6) is 0.226. The first-order valence-electron chi connectivity index (χ1n) is 7.50. The van der Waals surface area contributed by atoms with Gasteiger partial charge in [-0.1, -0.05) is 32.0 Å². The molecule has 0 spiro atoms. The number of para-hydroxylation sites is 1. The molecule has 0 fully saturated rings. The SMILES string of the molecule is CC(C)c1ccccc1NC(=O)c1ccc(-n2cncn2)cc1. The van der Waals surface area contributed by atoms with Crippen LogP contribution in [0.2, 0.25) is 0 Å². The van der Waals surface area contributed by atoms with Crippen molar-refractivity contribution in [3.8, 4) is 5.69 Å². The second-order valence-electron chi connectivity index (χ2n) is 5.58. The maximum Gasteiger partial charge on any atom is 0.255 e. The van der Waals surface area contributed by atoms with E-state index in [0.29, 0.717) is 11.5 Å². The first-order valence-corrected chi connectivity index (χ1v) is 7.50. The van der Waals surface area contributed by atoms with Gasteiger partial charge in [0.25, 0.3) is 5.91 Å². The zero-order valence-electron chi connectivity index (χ0n) is 13.1. The molecule has 5 nitrogen and oxygen atoms in total. The first kappa shape index (κ1) is 15.0. The monoisotopic (exact) mass is 306 g/mol. The first-order chi connectivity index (χ1) is 11.1. The van der Waals surface area contributed by atoms with Gasteiger partial charge in [-0.3, -0.25) is 4.79 Å². The van der Waals surface area contributed by atoms with Crippen molar-refractivity contribution in [1.29, 1.82) is 0 Å². The Bertz CT molecular complexity index is 792. The summed E-state index contributed by atoms with van der Waals surface area (Å²) in [5, 5.41) is 7.05. The summed E-state index contributed by atoms with van der Waals surface area (Å²) in [7, 11) is 0. The Labute approximate surface area is 135 Å². The van der Waals surface area contributed by atoms with Crippen molar-refractivity contribution in [1.82, 2.24) is 14.8 Å². The van der Waals surface area contributed by atoms with E-state index < -0.39 is 0 Å². The second-order valence-corrected chi connectivity index (χ2v) is 5.58. The zero-order chi connectivity index (χ0) is 16.2. The highest BCUT2D eigenvalue weighted by Crippen LogP contribution is 2.24. The van der Waals surface area contributed by atoms with Crippen LogP contribution in [0.15, 0.2) is 61.2 Å². The molecule has 0 unspecified atom stereocenters. The van der Waals surface area contributed by atoms with Crippen molar-refractivity contribution in [3.63, 3.8) is 0 Å². The molecule has 1 N–H and O–H groups in total. The van der Waals surface area contributed by atoms with Crippen LogP contribution in [-0.2, 0) is 0 Å². The summed E-state index contributed by atoms with van der Waals surface area (Å²) in [6.07, 6.45) is 3.09. The highest BCUT2D eigenvalue weighted by molar-refractivity contribution is 6.04. The Morgan fingerprint density at radius 3 is 2.48 bits per heavy atom. The van der Waals surface area contributed by atoms with Crippen LogP contribution in [0, 0.1) is 0 Å². The maximum absolute atomic E-state index is 12.4. The minimum absolute atomic E-state index is 0.122. The summed E-state index contributed by atoms with van der Waals surface area (Å²) >= 11 is 0. The molecule has 2 aromatic carbocycles. The van der Waals surface area contributed by atoms with Gasteiger partial charge in [0.05, 0.1) is 5.69 Å².